The highest BCUT2D eigenvalue weighted by molar-refractivity contribution is 6.30. The lowest BCUT2D eigenvalue weighted by molar-refractivity contribution is 0.0915. The van der Waals surface area contributed by atoms with Crippen molar-refractivity contribution in [2.24, 2.45) is 0 Å². The van der Waals surface area contributed by atoms with Gasteiger partial charge in [0, 0.05) is 29.5 Å². The van der Waals surface area contributed by atoms with Crippen molar-refractivity contribution in [3.8, 4) is 0 Å². The zero-order valence-corrected chi connectivity index (χ0v) is 12.5. The molecule has 110 valence electrons. The number of aryl methyl sites for hydroxylation is 1. The summed E-state index contributed by atoms with van der Waals surface area (Å²) in [6.45, 7) is 2.11. The predicted molar refractivity (Wildman–Crippen MR) is 82.4 cm³/mol. The number of benzene rings is 1. The number of aliphatic hydroxyl groups excluding tert-OH is 1. The molecule has 1 unspecified atom stereocenters. The third-order valence-electron chi connectivity index (χ3n) is 3.24. The number of halogens is 1. The molecule has 4 nitrogen and oxygen atoms in total. The van der Waals surface area contributed by atoms with E-state index in [2.05, 4.69) is 10.3 Å². The van der Waals surface area contributed by atoms with Crippen LogP contribution in [0.3, 0.4) is 0 Å². The Hall–Kier alpha value is -1.91. The summed E-state index contributed by atoms with van der Waals surface area (Å²) >= 11 is 5.80. The van der Waals surface area contributed by atoms with E-state index in [1.54, 1.807) is 42.7 Å². The van der Waals surface area contributed by atoms with Gasteiger partial charge in [0.1, 0.15) is 0 Å². The summed E-state index contributed by atoms with van der Waals surface area (Å²) in [5.41, 5.74) is 2.19. The van der Waals surface area contributed by atoms with Gasteiger partial charge in [0.25, 0.3) is 5.91 Å². The second kappa shape index (κ2) is 7.20. The van der Waals surface area contributed by atoms with Crippen molar-refractivity contribution in [2.45, 2.75) is 19.4 Å². The molecule has 1 amide bonds. The van der Waals surface area contributed by atoms with E-state index in [1.165, 1.54) is 0 Å². The lowest BCUT2D eigenvalue weighted by Crippen LogP contribution is -2.29. The first-order valence-corrected chi connectivity index (χ1v) is 7.14. The van der Waals surface area contributed by atoms with Crippen molar-refractivity contribution < 1.29 is 9.90 Å². The number of carbonyl (C=O) groups is 1. The number of nitrogens with one attached hydrogen (secondary N) is 1. The van der Waals surface area contributed by atoms with Gasteiger partial charge in [-0.05, 0) is 35.7 Å². The van der Waals surface area contributed by atoms with Gasteiger partial charge >= 0.3 is 0 Å². The van der Waals surface area contributed by atoms with Gasteiger partial charge in [0.2, 0.25) is 0 Å². The highest BCUT2D eigenvalue weighted by Crippen LogP contribution is 2.16. The van der Waals surface area contributed by atoms with Crippen molar-refractivity contribution in [1.82, 2.24) is 10.3 Å². The van der Waals surface area contributed by atoms with Crippen molar-refractivity contribution in [3.63, 3.8) is 0 Å². The maximum atomic E-state index is 12.1. The first-order chi connectivity index (χ1) is 10.1. The Morgan fingerprint density at radius 2 is 2.05 bits per heavy atom. The summed E-state index contributed by atoms with van der Waals surface area (Å²) in [6, 6.07) is 8.58. The second-order valence-electron chi connectivity index (χ2n) is 4.66. The van der Waals surface area contributed by atoms with Crippen LogP contribution >= 0.6 is 11.6 Å². The molecule has 21 heavy (non-hydrogen) atoms. The molecular weight excluding hydrogens is 288 g/mol. The zero-order chi connectivity index (χ0) is 15.2. The first kappa shape index (κ1) is 15.5. The predicted octanol–water partition coefficient (Wildman–Crippen LogP) is 2.76. The van der Waals surface area contributed by atoms with Gasteiger partial charge in [0.05, 0.1) is 6.10 Å². The van der Waals surface area contributed by atoms with Crippen LogP contribution < -0.4 is 5.32 Å². The molecule has 2 aromatic rings. The average molecular weight is 305 g/mol. The fourth-order valence-corrected chi connectivity index (χ4v) is 2.14. The molecule has 1 aromatic carbocycles. The molecule has 0 spiro atoms. The smallest absolute Gasteiger partial charge is 0.251 e. The lowest BCUT2D eigenvalue weighted by atomic mass is 10.1. The third kappa shape index (κ3) is 4.03. The topological polar surface area (TPSA) is 62.2 Å². The monoisotopic (exact) mass is 304 g/mol. The highest BCUT2D eigenvalue weighted by Gasteiger charge is 2.13. The Bertz CT molecular complexity index is 614. The van der Waals surface area contributed by atoms with Crippen LogP contribution in [0.25, 0.3) is 0 Å². The molecule has 2 rings (SSSR count). The van der Waals surface area contributed by atoms with E-state index in [4.69, 9.17) is 11.6 Å². The van der Waals surface area contributed by atoms with Gasteiger partial charge in [-0.1, -0.05) is 30.7 Å². The molecule has 2 N–H and O–H groups in total. The molecule has 0 bridgehead atoms. The Labute approximate surface area is 128 Å². The summed E-state index contributed by atoms with van der Waals surface area (Å²) in [4.78, 5) is 16.2. The van der Waals surface area contributed by atoms with Crippen LogP contribution in [0.4, 0.5) is 0 Å². The van der Waals surface area contributed by atoms with Crippen molar-refractivity contribution in [2.75, 3.05) is 6.54 Å². The molecular formula is C16H17ClN2O2. The van der Waals surface area contributed by atoms with E-state index in [1.807, 2.05) is 6.92 Å². The number of hydrogen-bond acceptors (Lipinski definition) is 3. The minimum atomic E-state index is -0.766. The second-order valence-corrected chi connectivity index (χ2v) is 5.10. The minimum absolute atomic E-state index is 0.145. The van der Waals surface area contributed by atoms with Gasteiger partial charge in [0.15, 0.2) is 0 Å². The lowest BCUT2D eigenvalue weighted by Gasteiger charge is -2.13. The molecule has 1 heterocycles. The Kier molecular flexibility index (Phi) is 5.31. The number of aromatic nitrogens is 1. The summed E-state index contributed by atoms with van der Waals surface area (Å²) in [6.07, 6.45) is 3.24. The maximum Gasteiger partial charge on any atom is 0.251 e. The van der Waals surface area contributed by atoms with Crippen LogP contribution in [0.5, 0.6) is 0 Å². The van der Waals surface area contributed by atoms with E-state index in [0.717, 1.165) is 12.0 Å². The van der Waals surface area contributed by atoms with E-state index >= 15 is 0 Å². The Morgan fingerprint density at radius 3 is 2.71 bits per heavy atom. The quantitative estimate of drug-likeness (QED) is 0.893. The standard InChI is InChI=1S/C16H17ClN2O2/c1-2-11-9-18-8-7-14(11)16(21)19-10-15(20)12-3-5-13(17)6-4-12/h3-9,15,20H,2,10H2,1H3,(H,19,21). The number of nitrogens with zero attached hydrogens (tertiary/aromatic N) is 1. The largest absolute Gasteiger partial charge is 0.387 e. The first-order valence-electron chi connectivity index (χ1n) is 6.76. The number of aliphatic hydroxyl groups is 1. The summed E-state index contributed by atoms with van der Waals surface area (Å²) in [7, 11) is 0. The molecule has 5 heteroatoms. The van der Waals surface area contributed by atoms with Crippen LogP contribution in [0.2, 0.25) is 5.02 Å². The summed E-state index contributed by atoms with van der Waals surface area (Å²) in [5.74, 6) is -0.206. The van der Waals surface area contributed by atoms with Gasteiger partial charge < -0.3 is 10.4 Å². The molecule has 0 aliphatic rings. The highest BCUT2D eigenvalue weighted by atomic mass is 35.5. The van der Waals surface area contributed by atoms with Crippen molar-refractivity contribution in [3.05, 3.63) is 64.4 Å². The van der Waals surface area contributed by atoms with Gasteiger partial charge in [-0.2, -0.15) is 0 Å². The minimum Gasteiger partial charge on any atom is -0.387 e. The number of pyridine rings is 1. The van der Waals surface area contributed by atoms with Crippen molar-refractivity contribution in [1.29, 1.82) is 0 Å². The van der Waals surface area contributed by atoms with E-state index < -0.39 is 6.10 Å². The molecule has 1 atom stereocenters. The molecule has 0 fully saturated rings. The molecule has 0 saturated carbocycles. The van der Waals surface area contributed by atoms with Crippen LogP contribution in [-0.4, -0.2) is 22.5 Å². The van der Waals surface area contributed by atoms with Gasteiger partial charge in [-0.3, -0.25) is 9.78 Å². The van der Waals surface area contributed by atoms with Crippen LogP contribution in [0.1, 0.15) is 34.5 Å². The van der Waals surface area contributed by atoms with E-state index in [0.29, 0.717) is 16.1 Å². The Balaban J connectivity index is 1.99. The Morgan fingerprint density at radius 1 is 1.33 bits per heavy atom. The van der Waals surface area contributed by atoms with Crippen molar-refractivity contribution >= 4 is 17.5 Å². The third-order valence-corrected chi connectivity index (χ3v) is 3.49. The number of amides is 1. The molecule has 0 saturated heterocycles. The number of carbonyl (C=O) groups excluding carboxylic acids is 1. The van der Waals surface area contributed by atoms with E-state index in [9.17, 15) is 9.90 Å². The van der Waals surface area contributed by atoms with Gasteiger partial charge in [-0.15, -0.1) is 0 Å². The number of hydrogen-bond donors (Lipinski definition) is 2. The molecule has 0 aliphatic heterocycles. The maximum absolute atomic E-state index is 12.1. The fourth-order valence-electron chi connectivity index (χ4n) is 2.02. The van der Waals surface area contributed by atoms with Gasteiger partial charge in [-0.25, -0.2) is 0 Å². The number of rotatable bonds is 5. The molecule has 1 aromatic heterocycles. The summed E-state index contributed by atoms with van der Waals surface area (Å²) in [5, 5.41) is 13.4. The SMILES string of the molecule is CCc1cnccc1C(=O)NCC(O)c1ccc(Cl)cc1. The fraction of sp³-hybridized carbons (Fsp3) is 0.250. The van der Waals surface area contributed by atoms with E-state index in [-0.39, 0.29) is 12.5 Å². The normalized spacial score (nSPS) is 12.0. The van der Waals surface area contributed by atoms with Crippen LogP contribution in [0.15, 0.2) is 42.7 Å². The average Bonchev–Trinajstić information content (AvgIpc) is 2.52. The molecule has 0 radical (unpaired) electrons. The van der Waals surface area contributed by atoms with Crippen LogP contribution in [0, 0.1) is 0 Å². The zero-order valence-electron chi connectivity index (χ0n) is 11.7. The van der Waals surface area contributed by atoms with Crippen LogP contribution in [-0.2, 0) is 6.42 Å². The molecule has 0 aliphatic carbocycles. The summed E-state index contributed by atoms with van der Waals surface area (Å²) < 4.78 is 0.